The molecule has 1 fully saturated rings. The highest BCUT2D eigenvalue weighted by molar-refractivity contribution is 5.96. The van der Waals surface area contributed by atoms with Crippen molar-refractivity contribution in [3.63, 3.8) is 0 Å². The summed E-state index contributed by atoms with van der Waals surface area (Å²) < 4.78 is 4.70. The minimum absolute atomic E-state index is 0.0963. The predicted molar refractivity (Wildman–Crippen MR) is 68.7 cm³/mol. The van der Waals surface area contributed by atoms with E-state index in [4.69, 9.17) is 9.84 Å². The van der Waals surface area contributed by atoms with Gasteiger partial charge in [-0.3, -0.25) is 4.79 Å². The monoisotopic (exact) mass is 263 g/mol. The molecule has 2 N–H and O–H groups in total. The Bertz CT molecular complexity index is 465. The molecular weight excluding hydrogens is 246 g/mol. The number of esters is 1. The lowest BCUT2D eigenvalue weighted by molar-refractivity contribution is -0.143. The van der Waals surface area contributed by atoms with Gasteiger partial charge in [0.1, 0.15) is 11.8 Å². The van der Waals surface area contributed by atoms with Gasteiger partial charge in [-0.25, -0.2) is 4.79 Å². The molecule has 1 saturated carbocycles. The molecule has 1 aliphatic carbocycles. The average Bonchev–Trinajstić information content (AvgIpc) is 3.21. The molecule has 1 aliphatic rings. The fourth-order valence-corrected chi connectivity index (χ4v) is 1.90. The summed E-state index contributed by atoms with van der Waals surface area (Å²) in [6.07, 6.45) is 2.82. The Labute approximate surface area is 111 Å². The zero-order valence-electron chi connectivity index (χ0n) is 10.8. The lowest BCUT2D eigenvalue weighted by Gasteiger charge is -2.16. The molecule has 0 aromatic heterocycles. The smallest absolute Gasteiger partial charge is 0.328 e. The first-order valence-electron chi connectivity index (χ1n) is 6.28. The molecule has 0 heterocycles. The van der Waals surface area contributed by atoms with E-state index in [9.17, 15) is 9.59 Å². The van der Waals surface area contributed by atoms with Gasteiger partial charge in [-0.15, -0.1) is 0 Å². The third-order valence-corrected chi connectivity index (χ3v) is 3.19. The van der Waals surface area contributed by atoms with E-state index in [0.29, 0.717) is 17.9 Å². The third kappa shape index (κ3) is 3.71. The fraction of sp³-hybridized carbons (Fsp3) is 0.429. The Kier molecular flexibility index (Phi) is 4.04. The number of carbonyl (C=O) groups excluding carboxylic acids is 2. The van der Waals surface area contributed by atoms with Crippen LogP contribution in [0.15, 0.2) is 24.3 Å². The number of hydrogen-bond acceptors (Lipinski definition) is 4. The Morgan fingerprint density at radius 3 is 2.53 bits per heavy atom. The van der Waals surface area contributed by atoms with E-state index in [1.54, 1.807) is 0 Å². The summed E-state index contributed by atoms with van der Waals surface area (Å²) in [5.41, 5.74) is 0.405. The zero-order valence-corrected chi connectivity index (χ0v) is 10.8. The number of ether oxygens (including phenoxy) is 1. The van der Waals surface area contributed by atoms with Crippen molar-refractivity contribution < 1.29 is 19.4 Å². The zero-order chi connectivity index (χ0) is 13.8. The highest BCUT2D eigenvalue weighted by Crippen LogP contribution is 2.33. The van der Waals surface area contributed by atoms with E-state index in [0.717, 1.165) is 12.8 Å². The molecule has 0 saturated heterocycles. The lowest BCUT2D eigenvalue weighted by Crippen LogP contribution is -2.41. The van der Waals surface area contributed by atoms with Crippen LogP contribution in [0.3, 0.4) is 0 Å². The van der Waals surface area contributed by atoms with Crippen molar-refractivity contribution in [2.75, 3.05) is 7.11 Å². The molecule has 102 valence electrons. The normalized spacial score (nSPS) is 15.6. The maximum absolute atomic E-state index is 12.0. The van der Waals surface area contributed by atoms with Gasteiger partial charge in [-0.1, -0.05) is 12.8 Å². The Morgan fingerprint density at radius 1 is 1.37 bits per heavy atom. The van der Waals surface area contributed by atoms with Crippen LogP contribution in [0, 0.1) is 5.92 Å². The van der Waals surface area contributed by atoms with Crippen LogP contribution in [0.25, 0.3) is 0 Å². The van der Waals surface area contributed by atoms with E-state index in [1.807, 2.05) is 0 Å². The van der Waals surface area contributed by atoms with Crippen LogP contribution in [-0.4, -0.2) is 30.1 Å². The first kappa shape index (κ1) is 13.4. The van der Waals surface area contributed by atoms with Gasteiger partial charge >= 0.3 is 5.97 Å². The SMILES string of the molecule is COC(=O)[C@H](CC1CC1)NC(=O)c1ccc(O)cc1. The number of phenols is 1. The molecule has 19 heavy (non-hydrogen) atoms. The molecule has 5 nitrogen and oxygen atoms in total. The number of hydrogen-bond donors (Lipinski definition) is 2. The summed E-state index contributed by atoms with van der Waals surface area (Å²) in [4.78, 5) is 23.6. The highest BCUT2D eigenvalue weighted by Gasteiger charge is 2.31. The quantitative estimate of drug-likeness (QED) is 0.789. The van der Waals surface area contributed by atoms with Crippen molar-refractivity contribution in [1.29, 1.82) is 0 Å². The van der Waals surface area contributed by atoms with Gasteiger partial charge in [-0.2, -0.15) is 0 Å². The van der Waals surface area contributed by atoms with E-state index in [1.165, 1.54) is 31.4 Å². The van der Waals surface area contributed by atoms with Crippen LogP contribution in [-0.2, 0) is 9.53 Å². The average molecular weight is 263 g/mol. The molecule has 0 aliphatic heterocycles. The second kappa shape index (κ2) is 5.73. The summed E-state index contributed by atoms with van der Waals surface area (Å²) in [5.74, 6) is -0.154. The lowest BCUT2D eigenvalue weighted by atomic mass is 10.1. The third-order valence-electron chi connectivity index (χ3n) is 3.19. The van der Waals surface area contributed by atoms with Gasteiger partial charge in [0.15, 0.2) is 0 Å². The molecule has 5 heteroatoms. The summed E-state index contributed by atoms with van der Waals surface area (Å²) in [7, 11) is 1.31. The first-order valence-corrected chi connectivity index (χ1v) is 6.28. The van der Waals surface area contributed by atoms with Crippen molar-refractivity contribution in [2.45, 2.75) is 25.3 Å². The first-order chi connectivity index (χ1) is 9.10. The Balaban J connectivity index is 2.00. The number of amides is 1. The predicted octanol–water partition coefficient (Wildman–Crippen LogP) is 1.46. The highest BCUT2D eigenvalue weighted by atomic mass is 16.5. The van der Waals surface area contributed by atoms with Crippen molar-refractivity contribution in [3.05, 3.63) is 29.8 Å². The van der Waals surface area contributed by atoms with E-state index < -0.39 is 12.0 Å². The van der Waals surface area contributed by atoms with Crippen molar-refractivity contribution in [1.82, 2.24) is 5.32 Å². The number of aromatic hydroxyl groups is 1. The molecule has 0 radical (unpaired) electrons. The molecular formula is C14H17NO4. The van der Waals surface area contributed by atoms with Gasteiger partial charge in [0.2, 0.25) is 0 Å². The number of nitrogens with one attached hydrogen (secondary N) is 1. The summed E-state index contributed by atoms with van der Waals surface area (Å²) >= 11 is 0. The van der Waals surface area contributed by atoms with Gasteiger partial charge in [0.05, 0.1) is 7.11 Å². The standard InChI is InChI=1S/C14H17NO4/c1-19-14(18)12(8-9-2-3-9)15-13(17)10-4-6-11(16)7-5-10/h4-7,9,12,16H,2-3,8H2,1H3,(H,15,17)/t12-/m0/s1. The van der Waals surface area contributed by atoms with E-state index >= 15 is 0 Å². The Morgan fingerprint density at radius 2 is 2.00 bits per heavy atom. The second-order valence-corrected chi connectivity index (χ2v) is 4.78. The molecule has 0 spiro atoms. The molecule has 1 amide bonds. The minimum Gasteiger partial charge on any atom is -0.508 e. The number of methoxy groups -OCH3 is 1. The molecule has 1 aromatic carbocycles. The van der Waals surface area contributed by atoms with Crippen LogP contribution in [0.4, 0.5) is 0 Å². The number of carbonyl (C=O) groups is 2. The van der Waals surface area contributed by atoms with Crippen molar-refractivity contribution in [3.8, 4) is 5.75 Å². The molecule has 1 aromatic rings. The van der Waals surface area contributed by atoms with Crippen LogP contribution in [0.5, 0.6) is 5.75 Å². The number of phenolic OH excluding ortho intramolecular Hbond substituents is 1. The topological polar surface area (TPSA) is 75.6 Å². The van der Waals surface area contributed by atoms with Gasteiger partial charge in [0.25, 0.3) is 5.91 Å². The maximum atomic E-state index is 12.0. The number of benzene rings is 1. The molecule has 0 bridgehead atoms. The largest absolute Gasteiger partial charge is 0.508 e. The maximum Gasteiger partial charge on any atom is 0.328 e. The Hall–Kier alpha value is -2.04. The van der Waals surface area contributed by atoms with Crippen molar-refractivity contribution >= 4 is 11.9 Å². The van der Waals surface area contributed by atoms with E-state index in [2.05, 4.69) is 5.32 Å². The van der Waals surface area contributed by atoms with Gasteiger partial charge in [0, 0.05) is 5.56 Å². The van der Waals surface area contributed by atoms with E-state index in [-0.39, 0.29) is 11.7 Å². The minimum atomic E-state index is -0.598. The fourth-order valence-electron chi connectivity index (χ4n) is 1.90. The van der Waals surface area contributed by atoms with Crippen LogP contribution in [0.2, 0.25) is 0 Å². The summed E-state index contributed by atoms with van der Waals surface area (Å²) in [6.45, 7) is 0. The van der Waals surface area contributed by atoms with Gasteiger partial charge in [-0.05, 0) is 36.6 Å². The second-order valence-electron chi connectivity index (χ2n) is 4.78. The summed E-state index contributed by atoms with van der Waals surface area (Å²) in [5, 5.41) is 11.8. The van der Waals surface area contributed by atoms with Crippen LogP contribution >= 0.6 is 0 Å². The molecule has 0 unspecified atom stereocenters. The summed E-state index contributed by atoms with van der Waals surface area (Å²) in [6, 6.07) is 5.29. The number of rotatable bonds is 5. The molecule has 2 rings (SSSR count). The van der Waals surface area contributed by atoms with Gasteiger partial charge < -0.3 is 15.2 Å². The molecule has 1 atom stereocenters. The van der Waals surface area contributed by atoms with Crippen molar-refractivity contribution in [2.24, 2.45) is 5.92 Å². The van der Waals surface area contributed by atoms with Crippen LogP contribution in [0.1, 0.15) is 29.6 Å². The van der Waals surface area contributed by atoms with Crippen LogP contribution < -0.4 is 5.32 Å².